The fourth-order valence-electron chi connectivity index (χ4n) is 3.05. The van der Waals surface area contributed by atoms with Crippen LogP contribution in [0.2, 0.25) is 0 Å². The lowest BCUT2D eigenvalue weighted by Crippen LogP contribution is -2.36. The maximum Gasteiger partial charge on any atom is 0.246 e. The van der Waals surface area contributed by atoms with Crippen LogP contribution in [0.5, 0.6) is 0 Å². The molecule has 6 heteroatoms. The van der Waals surface area contributed by atoms with Crippen molar-refractivity contribution in [2.24, 2.45) is 5.92 Å². The van der Waals surface area contributed by atoms with Crippen LogP contribution < -0.4 is 10.2 Å². The zero-order chi connectivity index (χ0) is 18.5. The molecule has 1 aliphatic rings. The lowest BCUT2D eigenvalue weighted by Gasteiger charge is -2.28. The second kappa shape index (κ2) is 7.99. The fraction of sp³-hybridized carbons (Fsp3) is 0.350. The van der Waals surface area contributed by atoms with Crippen LogP contribution in [0.25, 0.3) is 6.08 Å². The summed E-state index contributed by atoms with van der Waals surface area (Å²) in [5.41, 5.74) is 2.13. The molecule has 0 radical (unpaired) electrons. The highest BCUT2D eigenvalue weighted by Crippen LogP contribution is 2.22. The van der Waals surface area contributed by atoms with Crippen molar-refractivity contribution in [3.8, 4) is 0 Å². The van der Waals surface area contributed by atoms with Gasteiger partial charge in [0, 0.05) is 52.7 Å². The van der Waals surface area contributed by atoms with E-state index >= 15 is 0 Å². The predicted octanol–water partition coefficient (Wildman–Crippen LogP) is 2.30. The number of anilines is 2. The highest BCUT2D eigenvalue weighted by atomic mass is 16.2. The summed E-state index contributed by atoms with van der Waals surface area (Å²) < 4.78 is 0. The minimum Gasteiger partial charge on any atom is -0.369 e. The zero-order valence-corrected chi connectivity index (χ0v) is 15.5. The molecule has 2 aromatic heterocycles. The van der Waals surface area contributed by atoms with Gasteiger partial charge < -0.3 is 15.1 Å². The average Bonchev–Trinajstić information content (AvgIpc) is 2.66. The summed E-state index contributed by atoms with van der Waals surface area (Å²) in [6.45, 7) is 1.55. The molecule has 0 fully saturated rings. The van der Waals surface area contributed by atoms with Gasteiger partial charge in [-0.15, -0.1) is 0 Å². The molecule has 0 saturated heterocycles. The second-order valence-electron chi connectivity index (χ2n) is 6.86. The first kappa shape index (κ1) is 17.9. The van der Waals surface area contributed by atoms with Gasteiger partial charge in [0.1, 0.15) is 11.6 Å². The number of pyridine rings is 2. The predicted molar refractivity (Wildman–Crippen MR) is 105 cm³/mol. The Labute approximate surface area is 154 Å². The van der Waals surface area contributed by atoms with Gasteiger partial charge in [-0.1, -0.05) is 6.07 Å². The van der Waals surface area contributed by atoms with E-state index in [0.717, 1.165) is 30.2 Å². The topological polar surface area (TPSA) is 61.4 Å². The number of rotatable bonds is 5. The second-order valence-corrected chi connectivity index (χ2v) is 6.86. The Hall–Kier alpha value is -2.89. The number of hydrogen-bond donors (Lipinski definition) is 1. The van der Waals surface area contributed by atoms with Gasteiger partial charge in [-0.25, -0.2) is 9.97 Å². The van der Waals surface area contributed by atoms with E-state index in [2.05, 4.69) is 21.4 Å². The number of amides is 1. The van der Waals surface area contributed by atoms with E-state index in [0.29, 0.717) is 12.5 Å². The van der Waals surface area contributed by atoms with Gasteiger partial charge in [-0.05, 0) is 47.7 Å². The Morgan fingerprint density at radius 2 is 2.12 bits per heavy atom. The summed E-state index contributed by atoms with van der Waals surface area (Å²) >= 11 is 0. The van der Waals surface area contributed by atoms with Crippen molar-refractivity contribution in [3.63, 3.8) is 0 Å². The summed E-state index contributed by atoms with van der Waals surface area (Å²) in [5.74, 6) is 2.24. The van der Waals surface area contributed by atoms with Crippen molar-refractivity contribution in [1.82, 2.24) is 14.9 Å². The summed E-state index contributed by atoms with van der Waals surface area (Å²) in [6, 6.07) is 7.94. The van der Waals surface area contributed by atoms with Crippen LogP contribution in [0.4, 0.5) is 11.6 Å². The molecule has 0 bridgehead atoms. The lowest BCUT2D eigenvalue weighted by molar-refractivity contribution is -0.125. The van der Waals surface area contributed by atoms with Crippen LogP contribution in [0.3, 0.4) is 0 Å². The van der Waals surface area contributed by atoms with E-state index < -0.39 is 0 Å². The Morgan fingerprint density at radius 1 is 1.27 bits per heavy atom. The number of carbonyl (C=O) groups excluding carboxylic acids is 1. The minimum absolute atomic E-state index is 0.00123. The van der Waals surface area contributed by atoms with Crippen LogP contribution in [0.15, 0.2) is 42.7 Å². The van der Waals surface area contributed by atoms with E-state index in [-0.39, 0.29) is 5.91 Å². The number of likely N-dealkylation sites (N-methyl/N-ethyl adjacent to an activating group) is 1. The Kier molecular flexibility index (Phi) is 5.51. The summed E-state index contributed by atoms with van der Waals surface area (Å²) in [4.78, 5) is 24.8. The summed E-state index contributed by atoms with van der Waals surface area (Å²) in [5, 5.41) is 3.35. The third kappa shape index (κ3) is 4.39. The molecule has 1 aliphatic heterocycles. The minimum atomic E-state index is -0.00123. The molecule has 3 heterocycles. The first-order chi connectivity index (χ1) is 12.5. The van der Waals surface area contributed by atoms with Crippen molar-refractivity contribution >= 4 is 23.6 Å². The van der Waals surface area contributed by atoms with Gasteiger partial charge in [-0.2, -0.15) is 0 Å². The first-order valence-corrected chi connectivity index (χ1v) is 8.77. The number of nitrogens with one attached hydrogen (secondary N) is 1. The SMILES string of the molecule is CN(CC1CNc2ncccc2C1)C(=O)/C=C/c1ccc(N(C)C)nc1. The van der Waals surface area contributed by atoms with E-state index in [9.17, 15) is 4.79 Å². The zero-order valence-electron chi connectivity index (χ0n) is 15.5. The van der Waals surface area contributed by atoms with Crippen LogP contribution in [-0.4, -0.2) is 55.0 Å². The maximum atomic E-state index is 12.4. The Balaban J connectivity index is 1.55. The number of hydrogen-bond acceptors (Lipinski definition) is 5. The molecule has 136 valence electrons. The summed E-state index contributed by atoms with van der Waals surface area (Å²) in [6.07, 6.45) is 7.93. The van der Waals surface area contributed by atoms with Gasteiger partial charge >= 0.3 is 0 Å². The maximum absolute atomic E-state index is 12.4. The number of nitrogens with zero attached hydrogens (tertiary/aromatic N) is 4. The molecule has 0 aliphatic carbocycles. The van der Waals surface area contributed by atoms with Crippen LogP contribution in [0.1, 0.15) is 11.1 Å². The lowest BCUT2D eigenvalue weighted by atomic mass is 9.95. The monoisotopic (exact) mass is 351 g/mol. The largest absolute Gasteiger partial charge is 0.369 e. The van der Waals surface area contributed by atoms with Gasteiger partial charge in [-0.3, -0.25) is 4.79 Å². The van der Waals surface area contributed by atoms with Crippen molar-refractivity contribution in [2.75, 3.05) is 44.4 Å². The van der Waals surface area contributed by atoms with Gasteiger partial charge in [0.15, 0.2) is 0 Å². The fourth-order valence-corrected chi connectivity index (χ4v) is 3.05. The highest BCUT2D eigenvalue weighted by molar-refractivity contribution is 5.91. The molecule has 26 heavy (non-hydrogen) atoms. The highest BCUT2D eigenvalue weighted by Gasteiger charge is 2.21. The van der Waals surface area contributed by atoms with Crippen molar-refractivity contribution in [2.45, 2.75) is 6.42 Å². The van der Waals surface area contributed by atoms with Crippen molar-refractivity contribution in [1.29, 1.82) is 0 Å². The third-order valence-electron chi connectivity index (χ3n) is 4.51. The summed E-state index contributed by atoms with van der Waals surface area (Å²) in [7, 11) is 5.74. The van der Waals surface area contributed by atoms with Crippen LogP contribution in [0, 0.1) is 5.92 Å². The molecular formula is C20H25N5O. The van der Waals surface area contributed by atoms with E-state index in [1.54, 1.807) is 23.4 Å². The number of aromatic nitrogens is 2. The number of carbonyl (C=O) groups is 1. The van der Waals surface area contributed by atoms with Crippen molar-refractivity contribution in [3.05, 3.63) is 53.9 Å². The van der Waals surface area contributed by atoms with Gasteiger partial charge in [0.05, 0.1) is 0 Å². The molecule has 1 amide bonds. The van der Waals surface area contributed by atoms with Gasteiger partial charge in [0.25, 0.3) is 0 Å². The Morgan fingerprint density at radius 3 is 2.85 bits per heavy atom. The molecular weight excluding hydrogens is 326 g/mol. The molecule has 2 aromatic rings. The van der Waals surface area contributed by atoms with Crippen LogP contribution in [-0.2, 0) is 11.2 Å². The molecule has 1 N–H and O–H groups in total. The van der Waals surface area contributed by atoms with Gasteiger partial charge in [0.2, 0.25) is 5.91 Å². The molecule has 0 aromatic carbocycles. The molecule has 6 nitrogen and oxygen atoms in total. The molecule has 0 spiro atoms. The third-order valence-corrected chi connectivity index (χ3v) is 4.51. The van der Waals surface area contributed by atoms with E-state index in [4.69, 9.17) is 0 Å². The smallest absolute Gasteiger partial charge is 0.246 e. The molecule has 1 unspecified atom stereocenters. The molecule has 3 rings (SSSR count). The van der Waals surface area contributed by atoms with Crippen LogP contribution >= 0.6 is 0 Å². The van der Waals surface area contributed by atoms with Crippen molar-refractivity contribution < 1.29 is 4.79 Å². The number of fused-ring (bicyclic) bond motifs is 1. The average molecular weight is 351 g/mol. The van der Waals surface area contributed by atoms with E-state index in [1.165, 1.54) is 5.56 Å². The molecule has 0 saturated carbocycles. The quantitative estimate of drug-likeness (QED) is 0.838. The Bertz CT molecular complexity index is 785. The standard InChI is InChI=1S/C20H25N5O/c1-24(2)18-8-6-15(12-22-18)7-9-19(26)25(3)14-16-11-17-5-4-10-21-20(17)23-13-16/h4-10,12,16H,11,13-14H2,1-3H3,(H,21,23)/b9-7+. The normalized spacial score (nSPS) is 16.0. The first-order valence-electron chi connectivity index (χ1n) is 8.77. The molecule has 1 atom stereocenters. The van der Waals surface area contributed by atoms with E-state index in [1.807, 2.05) is 50.3 Å².